The van der Waals surface area contributed by atoms with Crippen molar-refractivity contribution >= 4 is 11.4 Å². The van der Waals surface area contributed by atoms with Crippen LogP contribution in [0.15, 0.2) is 41.5 Å². The van der Waals surface area contributed by atoms with Crippen molar-refractivity contribution < 1.29 is 9.53 Å². The minimum Gasteiger partial charge on any atom is -0.376 e. The Labute approximate surface area is 169 Å². The van der Waals surface area contributed by atoms with E-state index in [1.54, 1.807) is 27.5 Å². The number of carbonyl (C=O) groups excluding carboxylic acids is 1. The number of rotatable bonds is 6. The van der Waals surface area contributed by atoms with E-state index in [0.29, 0.717) is 18.6 Å². The number of hydrogen-bond donors (Lipinski definition) is 1. The molecule has 29 heavy (non-hydrogen) atoms. The van der Waals surface area contributed by atoms with Gasteiger partial charge in [0.1, 0.15) is 5.52 Å². The molecule has 3 heterocycles. The molecule has 0 spiro atoms. The summed E-state index contributed by atoms with van der Waals surface area (Å²) in [5.74, 6) is -0.0726. The third-order valence-electron chi connectivity index (χ3n) is 5.54. The lowest BCUT2D eigenvalue weighted by molar-refractivity contribution is -0.121. The molecule has 2 aromatic heterocycles. The van der Waals surface area contributed by atoms with Gasteiger partial charge in [0.15, 0.2) is 0 Å². The number of aromatic nitrogens is 3. The molecular weight excluding hydrogens is 368 g/mol. The summed E-state index contributed by atoms with van der Waals surface area (Å²) in [5.41, 5.74) is 4.50. The van der Waals surface area contributed by atoms with Crippen LogP contribution in [0.5, 0.6) is 0 Å². The van der Waals surface area contributed by atoms with E-state index in [-0.39, 0.29) is 24.0 Å². The summed E-state index contributed by atoms with van der Waals surface area (Å²) in [6.45, 7) is 5.76. The minimum atomic E-state index is -0.151. The first-order valence-electron chi connectivity index (χ1n) is 10.1. The Morgan fingerprint density at radius 3 is 2.86 bits per heavy atom. The quantitative estimate of drug-likeness (QED) is 0.697. The molecule has 152 valence electrons. The Kier molecular flexibility index (Phi) is 5.49. The van der Waals surface area contributed by atoms with Gasteiger partial charge >= 0.3 is 0 Å². The zero-order valence-electron chi connectivity index (χ0n) is 16.9. The molecule has 1 aliphatic rings. The van der Waals surface area contributed by atoms with Gasteiger partial charge in [-0.25, -0.2) is 4.52 Å². The Balaban J connectivity index is 1.46. The van der Waals surface area contributed by atoms with E-state index in [1.807, 2.05) is 6.07 Å². The maximum atomic E-state index is 12.8. The van der Waals surface area contributed by atoms with E-state index < -0.39 is 0 Å². The number of hydrogen-bond acceptors (Lipinski definition) is 4. The molecule has 1 aromatic carbocycles. The molecule has 0 bridgehead atoms. The second kappa shape index (κ2) is 8.21. The van der Waals surface area contributed by atoms with Gasteiger partial charge in [-0.15, -0.1) is 0 Å². The first-order chi connectivity index (χ1) is 14.0. The fourth-order valence-electron chi connectivity index (χ4n) is 3.59. The molecule has 0 saturated carbocycles. The van der Waals surface area contributed by atoms with Crippen molar-refractivity contribution in [3.63, 3.8) is 0 Å². The summed E-state index contributed by atoms with van der Waals surface area (Å²) < 4.78 is 8.67. The third-order valence-corrected chi connectivity index (χ3v) is 5.54. The van der Waals surface area contributed by atoms with Gasteiger partial charge in [0.25, 0.3) is 5.56 Å². The highest BCUT2D eigenvalue weighted by Crippen LogP contribution is 2.21. The summed E-state index contributed by atoms with van der Waals surface area (Å²) in [4.78, 5) is 24.9. The number of nitrogens with one attached hydrogen (secondary N) is 1. The van der Waals surface area contributed by atoms with Gasteiger partial charge in [-0.05, 0) is 49.9 Å². The summed E-state index contributed by atoms with van der Waals surface area (Å²) in [5, 5.41) is 7.42. The monoisotopic (exact) mass is 394 g/mol. The topological polar surface area (TPSA) is 77.6 Å². The van der Waals surface area contributed by atoms with Gasteiger partial charge in [-0.3, -0.25) is 9.59 Å². The van der Waals surface area contributed by atoms with Crippen LogP contribution in [0.2, 0.25) is 0 Å². The number of ether oxygens (including phenoxy) is 1. The van der Waals surface area contributed by atoms with Crippen molar-refractivity contribution in [3.8, 4) is 11.3 Å². The van der Waals surface area contributed by atoms with Crippen LogP contribution in [0.4, 0.5) is 0 Å². The fraction of sp³-hybridized carbons (Fsp3) is 0.409. The average molecular weight is 394 g/mol. The number of carbonyl (C=O) groups is 1. The molecule has 7 nitrogen and oxygen atoms in total. The van der Waals surface area contributed by atoms with E-state index in [4.69, 9.17) is 4.74 Å². The lowest BCUT2D eigenvalue weighted by atomic mass is 10.0. The van der Waals surface area contributed by atoms with Crippen LogP contribution >= 0.6 is 0 Å². The van der Waals surface area contributed by atoms with Crippen LogP contribution < -0.4 is 10.9 Å². The van der Waals surface area contributed by atoms with Gasteiger partial charge in [0.05, 0.1) is 11.8 Å². The minimum absolute atomic E-state index is 0.0726. The van der Waals surface area contributed by atoms with E-state index in [0.717, 1.165) is 30.7 Å². The van der Waals surface area contributed by atoms with Crippen molar-refractivity contribution in [1.82, 2.24) is 19.5 Å². The maximum Gasteiger partial charge on any atom is 0.276 e. The zero-order chi connectivity index (χ0) is 20.4. The maximum absolute atomic E-state index is 12.8. The van der Waals surface area contributed by atoms with Gasteiger partial charge in [-0.2, -0.15) is 5.10 Å². The van der Waals surface area contributed by atoms with Crippen LogP contribution in [-0.4, -0.2) is 39.3 Å². The van der Waals surface area contributed by atoms with Gasteiger partial charge in [-0.1, -0.05) is 12.1 Å². The van der Waals surface area contributed by atoms with Gasteiger partial charge in [0, 0.05) is 44.1 Å². The fourth-order valence-corrected chi connectivity index (χ4v) is 3.59. The van der Waals surface area contributed by atoms with Crippen LogP contribution in [-0.2, 0) is 16.1 Å². The van der Waals surface area contributed by atoms with Crippen LogP contribution in [0.1, 0.15) is 30.4 Å². The number of aryl methyl sites for hydroxylation is 3. The molecule has 0 aliphatic carbocycles. The van der Waals surface area contributed by atoms with Crippen LogP contribution in [0, 0.1) is 13.8 Å². The molecule has 1 unspecified atom stereocenters. The van der Waals surface area contributed by atoms with Crippen molar-refractivity contribution in [2.45, 2.75) is 45.8 Å². The molecule has 1 fully saturated rings. The highest BCUT2D eigenvalue weighted by molar-refractivity contribution is 5.75. The first-order valence-corrected chi connectivity index (χ1v) is 10.1. The molecule has 0 radical (unpaired) electrons. The molecular formula is C22H26N4O3. The summed E-state index contributed by atoms with van der Waals surface area (Å²) in [7, 11) is 0. The van der Waals surface area contributed by atoms with Crippen LogP contribution in [0.25, 0.3) is 16.8 Å². The number of benzene rings is 1. The predicted octanol–water partition coefficient (Wildman–Crippen LogP) is 2.47. The van der Waals surface area contributed by atoms with E-state index >= 15 is 0 Å². The Morgan fingerprint density at radius 2 is 2.10 bits per heavy atom. The van der Waals surface area contributed by atoms with E-state index in [9.17, 15) is 9.59 Å². The predicted molar refractivity (Wildman–Crippen MR) is 111 cm³/mol. The molecule has 1 aliphatic heterocycles. The standard InChI is InChI=1S/C22H26N4O3/c1-15-5-6-17(12-16(15)2)19-13-20-22(28)25(9-10-26(20)24-19)8-7-21(27)23-14-18-4-3-11-29-18/h5-6,9-10,12-13,18H,3-4,7-8,11,14H2,1-2H3,(H,23,27). The second-order valence-electron chi connectivity index (χ2n) is 7.64. The normalized spacial score (nSPS) is 16.4. The summed E-state index contributed by atoms with van der Waals surface area (Å²) in [6.07, 6.45) is 5.84. The SMILES string of the molecule is Cc1ccc(-c2cc3c(=O)n(CCC(=O)NCC4CCCO4)ccn3n2)cc1C. The number of nitrogens with zero attached hydrogens (tertiary/aromatic N) is 3. The van der Waals surface area contributed by atoms with Crippen molar-refractivity contribution in [2.24, 2.45) is 0 Å². The summed E-state index contributed by atoms with van der Waals surface area (Å²) >= 11 is 0. The highest BCUT2D eigenvalue weighted by Gasteiger charge is 2.16. The number of amides is 1. The van der Waals surface area contributed by atoms with Gasteiger partial charge in [0.2, 0.25) is 5.91 Å². The second-order valence-corrected chi connectivity index (χ2v) is 7.64. The van der Waals surface area contributed by atoms with E-state index in [1.165, 1.54) is 11.1 Å². The lowest BCUT2D eigenvalue weighted by Crippen LogP contribution is -2.33. The largest absolute Gasteiger partial charge is 0.376 e. The average Bonchev–Trinajstić information content (AvgIpc) is 3.38. The molecule has 7 heteroatoms. The molecule has 4 rings (SSSR count). The summed E-state index contributed by atoms with van der Waals surface area (Å²) in [6, 6.07) is 7.96. The van der Waals surface area contributed by atoms with E-state index in [2.05, 4.69) is 36.4 Å². The molecule has 1 atom stereocenters. The van der Waals surface area contributed by atoms with Crippen molar-refractivity contribution in [3.05, 3.63) is 58.1 Å². The van der Waals surface area contributed by atoms with Gasteiger partial charge < -0.3 is 14.6 Å². The van der Waals surface area contributed by atoms with Crippen molar-refractivity contribution in [1.29, 1.82) is 0 Å². The first kappa shape index (κ1) is 19.4. The molecule has 1 saturated heterocycles. The van der Waals surface area contributed by atoms with Crippen LogP contribution in [0.3, 0.4) is 0 Å². The Bertz CT molecular complexity index is 1090. The number of fused-ring (bicyclic) bond motifs is 1. The lowest BCUT2D eigenvalue weighted by Gasteiger charge is -2.11. The van der Waals surface area contributed by atoms with Crippen molar-refractivity contribution in [2.75, 3.05) is 13.2 Å². The molecule has 1 amide bonds. The molecule has 1 N–H and O–H groups in total. The Morgan fingerprint density at radius 1 is 1.24 bits per heavy atom. The zero-order valence-corrected chi connectivity index (χ0v) is 16.9. The molecule has 3 aromatic rings. The third kappa shape index (κ3) is 4.24. The smallest absolute Gasteiger partial charge is 0.276 e. The highest BCUT2D eigenvalue weighted by atomic mass is 16.5. The Hall–Kier alpha value is -2.93.